The third kappa shape index (κ3) is 3.88. The third-order valence-electron chi connectivity index (χ3n) is 3.39. The summed E-state index contributed by atoms with van der Waals surface area (Å²) in [5, 5.41) is 13.9. The summed E-state index contributed by atoms with van der Waals surface area (Å²) in [5.74, 6) is -0.532. The SMILES string of the molecule is COC(=O)c1ccc([N+](=O)[O-])c(NCCN(C)C2CC2)n1. The van der Waals surface area contributed by atoms with Crippen molar-refractivity contribution in [2.45, 2.75) is 18.9 Å². The van der Waals surface area contributed by atoms with E-state index >= 15 is 0 Å². The van der Waals surface area contributed by atoms with Gasteiger partial charge in [-0.1, -0.05) is 0 Å². The molecule has 8 heteroatoms. The molecule has 0 radical (unpaired) electrons. The van der Waals surface area contributed by atoms with E-state index in [0.717, 1.165) is 6.54 Å². The van der Waals surface area contributed by atoms with E-state index in [0.29, 0.717) is 12.6 Å². The van der Waals surface area contributed by atoms with E-state index in [1.807, 2.05) is 7.05 Å². The van der Waals surface area contributed by atoms with Crippen molar-refractivity contribution >= 4 is 17.5 Å². The van der Waals surface area contributed by atoms with Crippen LogP contribution in [0.15, 0.2) is 12.1 Å². The van der Waals surface area contributed by atoms with Gasteiger partial charge in [0, 0.05) is 25.2 Å². The molecule has 1 fully saturated rings. The van der Waals surface area contributed by atoms with Crippen LogP contribution in [0.3, 0.4) is 0 Å². The Bertz CT molecular complexity index is 545. The van der Waals surface area contributed by atoms with Gasteiger partial charge in [0.15, 0.2) is 5.69 Å². The van der Waals surface area contributed by atoms with Gasteiger partial charge >= 0.3 is 11.7 Å². The van der Waals surface area contributed by atoms with Gasteiger partial charge in [-0.05, 0) is 26.0 Å². The summed E-state index contributed by atoms with van der Waals surface area (Å²) < 4.78 is 4.57. The Labute approximate surface area is 122 Å². The van der Waals surface area contributed by atoms with Crippen molar-refractivity contribution in [1.29, 1.82) is 0 Å². The second-order valence-corrected chi connectivity index (χ2v) is 4.95. The van der Waals surface area contributed by atoms with E-state index in [2.05, 4.69) is 19.9 Å². The number of anilines is 1. The molecule has 0 unspecified atom stereocenters. The molecule has 2 rings (SSSR count). The molecule has 1 N–H and O–H groups in total. The Morgan fingerprint density at radius 3 is 2.86 bits per heavy atom. The molecule has 8 nitrogen and oxygen atoms in total. The minimum absolute atomic E-state index is 0.0427. The molecular weight excluding hydrogens is 276 g/mol. The molecule has 0 aromatic carbocycles. The van der Waals surface area contributed by atoms with Gasteiger partial charge in [0.05, 0.1) is 12.0 Å². The number of pyridine rings is 1. The Morgan fingerprint density at radius 2 is 2.29 bits per heavy atom. The molecule has 0 atom stereocenters. The van der Waals surface area contributed by atoms with Crippen molar-refractivity contribution in [3.63, 3.8) is 0 Å². The smallest absolute Gasteiger partial charge is 0.356 e. The van der Waals surface area contributed by atoms with Crippen molar-refractivity contribution in [2.24, 2.45) is 0 Å². The molecule has 21 heavy (non-hydrogen) atoms. The standard InChI is InChI=1S/C13H18N4O4/c1-16(9-3-4-9)8-7-14-12-11(17(19)20)6-5-10(15-12)13(18)21-2/h5-6,9H,3-4,7-8H2,1-2H3,(H,14,15). The first-order chi connectivity index (χ1) is 10.0. The maximum Gasteiger partial charge on any atom is 0.356 e. The average molecular weight is 294 g/mol. The number of nitro groups is 1. The zero-order chi connectivity index (χ0) is 15.4. The number of carbonyl (C=O) groups is 1. The lowest BCUT2D eigenvalue weighted by atomic mass is 10.3. The second-order valence-electron chi connectivity index (χ2n) is 4.95. The van der Waals surface area contributed by atoms with Crippen molar-refractivity contribution in [3.05, 3.63) is 27.9 Å². The summed E-state index contributed by atoms with van der Waals surface area (Å²) in [5.41, 5.74) is -0.113. The van der Waals surface area contributed by atoms with Gasteiger partial charge in [0.2, 0.25) is 5.82 Å². The highest BCUT2D eigenvalue weighted by molar-refractivity contribution is 5.88. The lowest BCUT2D eigenvalue weighted by Gasteiger charge is -2.16. The van der Waals surface area contributed by atoms with E-state index < -0.39 is 10.9 Å². The highest BCUT2D eigenvalue weighted by Gasteiger charge is 2.25. The Morgan fingerprint density at radius 1 is 1.57 bits per heavy atom. The van der Waals surface area contributed by atoms with Crippen LogP contribution in [0, 0.1) is 10.1 Å². The van der Waals surface area contributed by atoms with Gasteiger partial charge in [0.1, 0.15) is 0 Å². The summed E-state index contributed by atoms with van der Waals surface area (Å²) in [6, 6.07) is 3.16. The van der Waals surface area contributed by atoms with Gasteiger partial charge in [-0.3, -0.25) is 10.1 Å². The largest absolute Gasteiger partial charge is 0.464 e. The fourth-order valence-corrected chi connectivity index (χ4v) is 2.00. The van der Waals surface area contributed by atoms with Gasteiger partial charge < -0.3 is 15.0 Å². The minimum atomic E-state index is -0.622. The van der Waals surface area contributed by atoms with Gasteiger partial charge in [-0.15, -0.1) is 0 Å². The van der Waals surface area contributed by atoms with Crippen molar-refractivity contribution < 1.29 is 14.5 Å². The number of esters is 1. The van der Waals surface area contributed by atoms with Crippen molar-refractivity contribution in [1.82, 2.24) is 9.88 Å². The fourth-order valence-electron chi connectivity index (χ4n) is 2.00. The zero-order valence-corrected chi connectivity index (χ0v) is 12.0. The number of likely N-dealkylation sites (N-methyl/N-ethyl adjacent to an activating group) is 1. The molecule has 114 valence electrons. The van der Waals surface area contributed by atoms with Crippen LogP contribution >= 0.6 is 0 Å². The number of ether oxygens (including phenoxy) is 1. The summed E-state index contributed by atoms with van der Waals surface area (Å²) in [6.07, 6.45) is 2.40. The molecule has 0 spiro atoms. The highest BCUT2D eigenvalue weighted by atomic mass is 16.6. The van der Waals surface area contributed by atoms with Crippen LogP contribution in [-0.2, 0) is 4.74 Å². The molecule has 1 heterocycles. The predicted molar refractivity (Wildman–Crippen MR) is 76.4 cm³/mol. The van der Waals surface area contributed by atoms with Gasteiger partial charge in [-0.2, -0.15) is 0 Å². The number of carbonyl (C=O) groups excluding carboxylic acids is 1. The van der Waals surface area contributed by atoms with Crippen LogP contribution in [0.4, 0.5) is 11.5 Å². The highest BCUT2D eigenvalue weighted by Crippen LogP contribution is 2.25. The van der Waals surface area contributed by atoms with Crippen LogP contribution in [0.5, 0.6) is 0 Å². The molecule has 1 aromatic rings. The molecular formula is C13H18N4O4. The molecule has 1 aliphatic rings. The van der Waals surface area contributed by atoms with Gasteiger partial charge in [-0.25, -0.2) is 9.78 Å². The number of hydrogen-bond acceptors (Lipinski definition) is 7. The monoisotopic (exact) mass is 294 g/mol. The van der Waals surface area contributed by atoms with Crippen LogP contribution < -0.4 is 5.32 Å². The number of hydrogen-bond donors (Lipinski definition) is 1. The van der Waals surface area contributed by atoms with Crippen LogP contribution in [0.2, 0.25) is 0 Å². The van der Waals surface area contributed by atoms with Crippen LogP contribution in [0.25, 0.3) is 0 Å². The fraction of sp³-hybridized carbons (Fsp3) is 0.538. The lowest BCUT2D eigenvalue weighted by Crippen LogP contribution is -2.27. The normalized spacial score (nSPS) is 14.0. The van der Waals surface area contributed by atoms with Crippen LogP contribution in [0.1, 0.15) is 23.3 Å². The maximum absolute atomic E-state index is 11.4. The topological polar surface area (TPSA) is 97.6 Å². The Hall–Kier alpha value is -2.22. The molecule has 1 saturated carbocycles. The van der Waals surface area contributed by atoms with Crippen LogP contribution in [-0.4, -0.2) is 54.1 Å². The summed E-state index contributed by atoms with van der Waals surface area (Å²) in [4.78, 5) is 28.1. The Kier molecular flexibility index (Phi) is 4.69. The zero-order valence-electron chi connectivity index (χ0n) is 12.0. The first-order valence-corrected chi connectivity index (χ1v) is 6.70. The number of aromatic nitrogens is 1. The molecule has 1 aliphatic carbocycles. The molecule has 0 amide bonds. The van der Waals surface area contributed by atoms with E-state index in [4.69, 9.17) is 0 Å². The summed E-state index contributed by atoms with van der Waals surface area (Å²) >= 11 is 0. The number of nitrogens with zero attached hydrogens (tertiary/aromatic N) is 3. The molecule has 0 saturated heterocycles. The number of rotatable bonds is 7. The minimum Gasteiger partial charge on any atom is -0.464 e. The van der Waals surface area contributed by atoms with Crippen molar-refractivity contribution in [2.75, 3.05) is 32.6 Å². The van der Waals surface area contributed by atoms with Crippen molar-refractivity contribution in [3.8, 4) is 0 Å². The first kappa shape index (κ1) is 15.2. The van der Waals surface area contributed by atoms with E-state index in [-0.39, 0.29) is 17.2 Å². The molecule has 0 bridgehead atoms. The molecule has 1 aromatic heterocycles. The van der Waals surface area contributed by atoms with E-state index in [9.17, 15) is 14.9 Å². The maximum atomic E-state index is 11.4. The lowest BCUT2D eigenvalue weighted by molar-refractivity contribution is -0.384. The third-order valence-corrected chi connectivity index (χ3v) is 3.39. The summed E-state index contributed by atoms with van der Waals surface area (Å²) in [7, 11) is 3.26. The van der Waals surface area contributed by atoms with E-state index in [1.54, 1.807) is 0 Å². The molecule has 0 aliphatic heterocycles. The first-order valence-electron chi connectivity index (χ1n) is 6.70. The van der Waals surface area contributed by atoms with E-state index in [1.165, 1.54) is 32.1 Å². The second kappa shape index (κ2) is 6.49. The average Bonchev–Trinajstić information content (AvgIpc) is 3.30. The van der Waals surface area contributed by atoms with Gasteiger partial charge in [0.25, 0.3) is 0 Å². The summed E-state index contributed by atoms with van der Waals surface area (Å²) in [6.45, 7) is 1.28. The number of methoxy groups -OCH3 is 1. The number of nitrogens with one attached hydrogen (secondary N) is 1. The quantitative estimate of drug-likeness (QED) is 0.459. The Balaban J connectivity index is 2.06. The predicted octanol–water partition coefficient (Wildman–Crippen LogP) is 1.28.